The molecule has 0 radical (unpaired) electrons. The van der Waals surface area contributed by atoms with Crippen LogP contribution in [0.3, 0.4) is 0 Å². The van der Waals surface area contributed by atoms with Crippen LogP contribution in [0.25, 0.3) is 0 Å². The number of hydrogen-bond acceptors (Lipinski definition) is 5. The summed E-state index contributed by atoms with van der Waals surface area (Å²) in [4.78, 5) is 38.4. The monoisotopic (exact) mass is 424 g/mol. The number of carbonyl (C=O) groups excluding carboxylic acids is 3. The molecule has 2 aromatic carbocycles. The largest absolute Gasteiger partial charge is 0.468 e. The summed E-state index contributed by atoms with van der Waals surface area (Å²) in [6.07, 6.45) is 2.15. The first-order chi connectivity index (χ1) is 15.0. The summed E-state index contributed by atoms with van der Waals surface area (Å²) < 4.78 is 4.53. The number of esters is 1. The van der Waals surface area contributed by atoms with E-state index in [0.717, 1.165) is 42.7 Å². The Morgan fingerprint density at radius 1 is 1.00 bits per heavy atom. The fourth-order valence-corrected chi connectivity index (χ4v) is 3.39. The molecule has 3 N–H and O–H groups in total. The van der Waals surface area contributed by atoms with Crippen molar-refractivity contribution < 1.29 is 19.1 Å². The quantitative estimate of drug-likeness (QED) is 0.594. The first-order valence-electron chi connectivity index (χ1n) is 10.3. The molecule has 1 fully saturated rings. The Morgan fingerprint density at radius 2 is 1.71 bits per heavy atom. The van der Waals surface area contributed by atoms with Gasteiger partial charge in [-0.25, -0.2) is 4.79 Å². The minimum Gasteiger partial charge on any atom is -0.468 e. The first kappa shape index (κ1) is 22.1. The van der Waals surface area contributed by atoms with E-state index in [0.29, 0.717) is 17.8 Å². The van der Waals surface area contributed by atoms with Crippen LogP contribution in [0, 0.1) is 6.92 Å². The van der Waals surface area contributed by atoms with E-state index in [-0.39, 0.29) is 12.5 Å². The van der Waals surface area contributed by atoms with E-state index in [1.54, 1.807) is 12.1 Å². The maximum atomic E-state index is 12.7. The van der Waals surface area contributed by atoms with Crippen LogP contribution in [-0.2, 0) is 16.1 Å². The predicted octanol–water partition coefficient (Wildman–Crippen LogP) is 2.82. The van der Waals surface area contributed by atoms with Crippen molar-refractivity contribution in [1.29, 1.82) is 0 Å². The van der Waals surface area contributed by atoms with E-state index in [2.05, 4.69) is 25.6 Å². The number of hydrogen-bond donors (Lipinski definition) is 3. The van der Waals surface area contributed by atoms with Crippen LogP contribution in [0.2, 0.25) is 0 Å². The molecule has 31 heavy (non-hydrogen) atoms. The maximum absolute atomic E-state index is 12.7. The molecule has 1 saturated heterocycles. The fourth-order valence-electron chi connectivity index (χ4n) is 3.39. The van der Waals surface area contributed by atoms with Crippen LogP contribution < -0.4 is 20.9 Å². The topological polar surface area (TPSA) is 99.8 Å². The van der Waals surface area contributed by atoms with Crippen LogP contribution in [0.4, 0.5) is 16.2 Å². The molecule has 1 aliphatic rings. The third-order valence-corrected chi connectivity index (χ3v) is 5.15. The summed E-state index contributed by atoms with van der Waals surface area (Å²) >= 11 is 0. The van der Waals surface area contributed by atoms with Gasteiger partial charge < -0.3 is 25.6 Å². The van der Waals surface area contributed by atoms with Crippen LogP contribution in [-0.4, -0.2) is 44.7 Å². The van der Waals surface area contributed by atoms with Crippen molar-refractivity contribution in [1.82, 2.24) is 10.6 Å². The highest BCUT2D eigenvalue weighted by molar-refractivity contribution is 6.00. The van der Waals surface area contributed by atoms with Crippen molar-refractivity contribution in [2.75, 3.05) is 37.0 Å². The Kier molecular flexibility index (Phi) is 7.48. The lowest BCUT2D eigenvalue weighted by molar-refractivity contribution is -0.139. The Hall–Kier alpha value is -3.55. The highest BCUT2D eigenvalue weighted by Crippen LogP contribution is 2.30. The summed E-state index contributed by atoms with van der Waals surface area (Å²) in [6.45, 7) is 3.96. The van der Waals surface area contributed by atoms with Gasteiger partial charge in [-0.3, -0.25) is 9.59 Å². The zero-order valence-corrected chi connectivity index (χ0v) is 17.9. The second kappa shape index (κ2) is 10.5. The van der Waals surface area contributed by atoms with E-state index in [9.17, 15) is 14.4 Å². The van der Waals surface area contributed by atoms with Gasteiger partial charge in [0.1, 0.15) is 6.54 Å². The summed E-state index contributed by atoms with van der Waals surface area (Å²) in [5, 5.41) is 8.13. The van der Waals surface area contributed by atoms with Gasteiger partial charge in [0, 0.05) is 25.2 Å². The number of urea groups is 1. The smallest absolute Gasteiger partial charge is 0.325 e. The molecule has 164 valence electrons. The summed E-state index contributed by atoms with van der Waals surface area (Å²) in [5.41, 5.74) is 3.98. The number of nitrogens with one attached hydrogen (secondary N) is 3. The van der Waals surface area contributed by atoms with Gasteiger partial charge in [-0.05, 0) is 43.5 Å². The normalized spacial score (nSPS) is 12.9. The minimum absolute atomic E-state index is 0.230. The van der Waals surface area contributed by atoms with Crippen LogP contribution in [0.1, 0.15) is 34.3 Å². The minimum atomic E-state index is -0.542. The maximum Gasteiger partial charge on any atom is 0.325 e. The highest BCUT2D eigenvalue weighted by Gasteiger charge is 2.19. The van der Waals surface area contributed by atoms with Gasteiger partial charge in [0.15, 0.2) is 0 Å². The number of aryl methyl sites for hydroxylation is 1. The molecule has 0 unspecified atom stereocenters. The van der Waals surface area contributed by atoms with E-state index < -0.39 is 12.0 Å². The molecule has 3 amide bonds. The second-order valence-electron chi connectivity index (χ2n) is 7.48. The highest BCUT2D eigenvalue weighted by atomic mass is 16.5. The van der Waals surface area contributed by atoms with Crippen molar-refractivity contribution in [2.24, 2.45) is 0 Å². The second-order valence-corrected chi connectivity index (χ2v) is 7.48. The first-order valence-corrected chi connectivity index (χ1v) is 10.3. The molecule has 0 bridgehead atoms. The lowest BCUT2D eigenvalue weighted by atomic mass is 10.1. The molecule has 0 aliphatic carbocycles. The van der Waals surface area contributed by atoms with Gasteiger partial charge in [-0.15, -0.1) is 0 Å². The molecule has 3 rings (SSSR count). The number of nitrogens with zero attached hydrogens (tertiary/aromatic N) is 1. The number of amides is 3. The van der Waals surface area contributed by atoms with Gasteiger partial charge in [0.25, 0.3) is 5.91 Å². The Balaban J connectivity index is 1.72. The van der Waals surface area contributed by atoms with Crippen molar-refractivity contribution in [3.8, 4) is 0 Å². The number of anilines is 2. The van der Waals surface area contributed by atoms with E-state index in [4.69, 9.17) is 0 Å². The summed E-state index contributed by atoms with van der Waals surface area (Å²) in [6, 6.07) is 12.7. The molecule has 0 saturated carbocycles. The molecular weight excluding hydrogens is 396 g/mol. The fraction of sp³-hybridized carbons (Fsp3) is 0.348. The standard InChI is InChI=1S/C23H28N4O4/c1-16-5-7-17(8-6-16)14-24-22(29)18-9-10-20(27-11-3-4-12-27)19(13-18)26-23(30)25-15-21(28)31-2/h5-10,13H,3-4,11-12,14-15H2,1-2H3,(H,24,29)(H2,25,26,30). The van der Waals surface area contributed by atoms with Gasteiger partial charge in [0.05, 0.1) is 18.5 Å². The molecule has 0 atom stereocenters. The number of rotatable bonds is 7. The molecule has 1 heterocycles. The lowest BCUT2D eigenvalue weighted by Gasteiger charge is -2.22. The average Bonchev–Trinajstić information content (AvgIpc) is 3.31. The zero-order valence-electron chi connectivity index (χ0n) is 17.9. The van der Waals surface area contributed by atoms with Crippen molar-refractivity contribution in [3.63, 3.8) is 0 Å². The van der Waals surface area contributed by atoms with E-state index in [1.165, 1.54) is 7.11 Å². The van der Waals surface area contributed by atoms with Gasteiger partial charge in [-0.1, -0.05) is 29.8 Å². The zero-order chi connectivity index (χ0) is 22.2. The Labute approximate surface area is 182 Å². The molecule has 8 nitrogen and oxygen atoms in total. The van der Waals surface area contributed by atoms with E-state index in [1.807, 2.05) is 37.3 Å². The number of methoxy groups -OCH3 is 1. The van der Waals surface area contributed by atoms with Crippen LogP contribution in [0.15, 0.2) is 42.5 Å². The SMILES string of the molecule is COC(=O)CNC(=O)Nc1cc(C(=O)NCc2ccc(C)cc2)ccc1N1CCCC1. The van der Waals surface area contributed by atoms with Gasteiger partial charge >= 0.3 is 12.0 Å². The molecule has 2 aromatic rings. The van der Waals surface area contributed by atoms with Crippen LogP contribution >= 0.6 is 0 Å². The number of carbonyl (C=O) groups is 3. The van der Waals surface area contributed by atoms with Gasteiger partial charge in [-0.2, -0.15) is 0 Å². The van der Waals surface area contributed by atoms with Crippen molar-refractivity contribution in [3.05, 3.63) is 59.2 Å². The average molecular weight is 425 g/mol. The number of benzene rings is 2. The lowest BCUT2D eigenvalue weighted by Crippen LogP contribution is -2.34. The molecule has 1 aliphatic heterocycles. The molecule has 8 heteroatoms. The Morgan fingerprint density at radius 3 is 2.39 bits per heavy atom. The van der Waals surface area contributed by atoms with Crippen LogP contribution in [0.5, 0.6) is 0 Å². The molecular formula is C23H28N4O4. The summed E-state index contributed by atoms with van der Waals surface area (Å²) in [7, 11) is 1.26. The van der Waals surface area contributed by atoms with E-state index >= 15 is 0 Å². The third-order valence-electron chi connectivity index (χ3n) is 5.15. The van der Waals surface area contributed by atoms with Crippen molar-refractivity contribution in [2.45, 2.75) is 26.3 Å². The Bertz CT molecular complexity index is 937. The number of ether oxygens (including phenoxy) is 1. The van der Waals surface area contributed by atoms with Gasteiger partial charge in [0.2, 0.25) is 0 Å². The third kappa shape index (κ3) is 6.21. The molecule has 0 spiro atoms. The summed E-state index contributed by atoms with van der Waals surface area (Å²) in [5.74, 6) is -0.772. The molecule has 0 aromatic heterocycles. The van der Waals surface area contributed by atoms with Crippen molar-refractivity contribution >= 4 is 29.3 Å². The predicted molar refractivity (Wildman–Crippen MR) is 119 cm³/mol.